The largest absolute Gasteiger partial charge is 0.351 e. The number of amides is 1. The van der Waals surface area contributed by atoms with Gasteiger partial charge in [0.25, 0.3) is 0 Å². The number of nitrogens with one attached hydrogen (secondary N) is 1. The van der Waals surface area contributed by atoms with E-state index in [9.17, 15) is 17.6 Å². The van der Waals surface area contributed by atoms with E-state index in [-0.39, 0.29) is 23.4 Å². The second-order valence-corrected chi connectivity index (χ2v) is 10.1. The van der Waals surface area contributed by atoms with E-state index in [1.807, 2.05) is 42.5 Å². The maximum Gasteiger partial charge on any atom is 0.243 e. The number of sulfonamides is 1. The predicted octanol–water partition coefficient (Wildman–Crippen LogP) is 4.62. The molecule has 1 amide bonds. The van der Waals surface area contributed by atoms with E-state index in [1.165, 1.54) is 16.4 Å². The zero-order valence-electron chi connectivity index (χ0n) is 17.8. The van der Waals surface area contributed by atoms with Crippen LogP contribution in [0, 0.1) is 5.82 Å². The average molecular weight is 455 g/mol. The predicted molar refractivity (Wildman–Crippen MR) is 123 cm³/mol. The lowest BCUT2D eigenvalue weighted by Crippen LogP contribution is -2.46. The second kappa shape index (κ2) is 9.79. The fourth-order valence-corrected chi connectivity index (χ4v) is 6.00. The van der Waals surface area contributed by atoms with Crippen LogP contribution in [0.25, 0.3) is 10.8 Å². The summed E-state index contributed by atoms with van der Waals surface area (Å²) in [6.45, 7) is 0.0600. The monoisotopic (exact) mass is 454 g/mol. The van der Waals surface area contributed by atoms with Crippen LogP contribution in [0.3, 0.4) is 0 Å². The summed E-state index contributed by atoms with van der Waals surface area (Å²) in [6, 6.07) is 18.4. The summed E-state index contributed by atoms with van der Waals surface area (Å²) in [5.41, 5.74) is 0.974. The van der Waals surface area contributed by atoms with E-state index in [1.54, 1.807) is 0 Å². The number of rotatable bonds is 7. The first-order valence-corrected chi connectivity index (χ1v) is 12.4. The van der Waals surface area contributed by atoms with Gasteiger partial charge in [-0.05, 0) is 53.4 Å². The van der Waals surface area contributed by atoms with Gasteiger partial charge < -0.3 is 5.32 Å². The molecule has 5 nitrogen and oxygen atoms in total. The molecule has 0 aliphatic heterocycles. The van der Waals surface area contributed by atoms with Crippen molar-refractivity contribution in [3.8, 4) is 0 Å². The Morgan fingerprint density at radius 1 is 0.938 bits per heavy atom. The molecule has 3 aromatic rings. The first kappa shape index (κ1) is 22.4. The lowest BCUT2D eigenvalue weighted by atomic mass is 9.95. The summed E-state index contributed by atoms with van der Waals surface area (Å²) in [5.74, 6) is -0.852. The third-order valence-electron chi connectivity index (χ3n) is 6.06. The molecule has 0 atom stereocenters. The Hall–Kier alpha value is -2.77. The van der Waals surface area contributed by atoms with Crippen molar-refractivity contribution in [1.29, 1.82) is 0 Å². The van der Waals surface area contributed by atoms with E-state index in [0.29, 0.717) is 6.54 Å². The molecule has 7 heteroatoms. The maximum atomic E-state index is 13.4. The minimum absolute atomic E-state index is 0.00586. The number of halogens is 1. The minimum Gasteiger partial charge on any atom is -0.351 e. The number of benzene rings is 3. The van der Waals surface area contributed by atoms with Gasteiger partial charge in [0.05, 0.1) is 11.4 Å². The number of fused-ring (bicyclic) bond motifs is 1. The molecule has 0 bridgehead atoms. The fourth-order valence-electron chi connectivity index (χ4n) is 4.36. The zero-order chi connectivity index (χ0) is 22.6. The Kier molecular flexibility index (Phi) is 6.86. The SMILES string of the molecule is O=C(CN(C1CCCCC1)S(=O)(=O)c1ccc(F)cc1)NCc1cccc2ccccc12. The lowest BCUT2D eigenvalue weighted by molar-refractivity contribution is -0.121. The topological polar surface area (TPSA) is 66.5 Å². The quantitative estimate of drug-likeness (QED) is 0.567. The Morgan fingerprint density at radius 3 is 2.38 bits per heavy atom. The lowest BCUT2D eigenvalue weighted by Gasteiger charge is -2.33. The van der Waals surface area contributed by atoms with Gasteiger partial charge >= 0.3 is 0 Å². The van der Waals surface area contributed by atoms with Gasteiger partial charge in [0.2, 0.25) is 15.9 Å². The first-order valence-electron chi connectivity index (χ1n) is 11.0. The smallest absolute Gasteiger partial charge is 0.243 e. The van der Waals surface area contributed by atoms with Crippen molar-refractivity contribution in [2.45, 2.75) is 49.6 Å². The summed E-state index contributed by atoms with van der Waals surface area (Å²) in [5, 5.41) is 5.03. The van der Waals surface area contributed by atoms with Crippen LogP contribution in [0.1, 0.15) is 37.7 Å². The van der Waals surface area contributed by atoms with Crippen molar-refractivity contribution < 1.29 is 17.6 Å². The van der Waals surface area contributed by atoms with Gasteiger partial charge in [0.1, 0.15) is 5.82 Å². The summed E-state index contributed by atoms with van der Waals surface area (Å²) in [7, 11) is -3.92. The Morgan fingerprint density at radius 2 is 1.62 bits per heavy atom. The summed E-state index contributed by atoms with van der Waals surface area (Å²) in [4.78, 5) is 12.9. The third kappa shape index (κ3) is 5.00. The standard InChI is InChI=1S/C25H27FN2O3S/c26-21-13-15-23(16-14-21)32(30,31)28(22-10-2-1-3-11-22)18-25(29)27-17-20-9-6-8-19-7-4-5-12-24(19)20/h4-9,12-16,22H,1-3,10-11,17-18H2,(H,27,29). The molecule has 4 rings (SSSR count). The van der Waals surface area contributed by atoms with Crippen molar-refractivity contribution >= 4 is 26.7 Å². The van der Waals surface area contributed by atoms with Gasteiger partial charge in [-0.1, -0.05) is 61.7 Å². The molecule has 1 N–H and O–H groups in total. The molecule has 0 spiro atoms. The van der Waals surface area contributed by atoms with E-state index in [0.717, 1.165) is 60.6 Å². The van der Waals surface area contributed by atoms with E-state index in [2.05, 4.69) is 5.32 Å². The molecule has 0 heterocycles. The highest BCUT2D eigenvalue weighted by molar-refractivity contribution is 7.89. The molecule has 0 unspecified atom stereocenters. The summed E-state index contributed by atoms with van der Waals surface area (Å²) in [6.07, 6.45) is 4.36. The average Bonchev–Trinajstić information content (AvgIpc) is 2.82. The van der Waals surface area contributed by atoms with Crippen molar-refractivity contribution in [2.24, 2.45) is 0 Å². The van der Waals surface area contributed by atoms with Crippen LogP contribution in [0.2, 0.25) is 0 Å². The number of nitrogens with zero attached hydrogens (tertiary/aromatic N) is 1. The van der Waals surface area contributed by atoms with Crippen LogP contribution < -0.4 is 5.32 Å². The maximum absolute atomic E-state index is 13.4. The molecule has 1 saturated carbocycles. The minimum atomic E-state index is -3.92. The Bertz CT molecular complexity index is 1180. The molecule has 3 aromatic carbocycles. The van der Waals surface area contributed by atoms with Crippen molar-refractivity contribution in [2.75, 3.05) is 6.54 Å². The van der Waals surface area contributed by atoms with Gasteiger partial charge in [-0.25, -0.2) is 12.8 Å². The molecular weight excluding hydrogens is 427 g/mol. The van der Waals surface area contributed by atoms with Crippen molar-refractivity contribution in [3.05, 3.63) is 78.1 Å². The molecule has 32 heavy (non-hydrogen) atoms. The highest BCUT2D eigenvalue weighted by Gasteiger charge is 2.34. The molecule has 0 aromatic heterocycles. The Labute approximate surface area is 188 Å². The van der Waals surface area contributed by atoms with E-state index in [4.69, 9.17) is 0 Å². The molecule has 1 aliphatic carbocycles. The van der Waals surface area contributed by atoms with Gasteiger partial charge in [0.15, 0.2) is 0 Å². The van der Waals surface area contributed by atoms with Crippen LogP contribution in [-0.2, 0) is 21.4 Å². The highest BCUT2D eigenvalue weighted by atomic mass is 32.2. The summed E-state index contributed by atoms with van der Waals surface area (Å²) < 4.78 is 41.3. The fraction of sp³-hybridized carbons (Fsp3) is 0.320. The number of carbonyl (C=O) groups excluding carboxylic acids is 1. The summed E-state index contributed by atoms with van der Waals surface area (Å²) >= 11 is 0. The van der Waals surface area contributed by atoms with Gasteiger partial charge in [0, 0.05) is 12.6 Å². The van der Waals surface area contributed by atoms with E-state index >= 15 is 0 Å². The van der Waals surface area contributed by atoms with Crippen LogP contribution >= 0.6 is 0 Å². The van der Waals surface area contributed by atoms with Crippen molar-refractivity contribution in [1.82, 2.24) is 9.62 Å². The van der Waals surface area contributed by atoms with Crippen LogP contribution in [0.5, 0.6) is 0 Å². The van der Waals surface area contributed by atoms with Crippen molar-refractivity contribution in [3.63, 3.8) is 0 Å². The Balaban J connectivity index is 1.52. The van der Waals surface area contributed by atoms with Crippen LogP contribution in [0.4, 0.5) is 4.39 Å². The molecule has 168 valence electrons. The van der Waals surface area contributed by atoms with Crippen LogP contribution in [0.15, 0.2) is 71.6 Å². The number of hydrogen-bond acceptors (Lipinski definition) is 3. The van der Waals surface area contributed by atoms with Crippen LogP contribution in [-0.4, -0.2) is 31.2 Å². The van der Waals surface area contributed by atoms with Gasteiger partial charge in [-0.15, -0.1) is 0 Å². The highest BCUT2D eigenvalue weighted by Crippen LogP contribution is 2.28. The number of hydrogen-bond donors (Lipinski definition) is 1. The normalized spacial score (nSPS) is 15.2. The van der Waals surface area contributed by atoms with Gasteiger partial charge in [-0.2, -0.15) is 4.31 Å². The third-order valence-corrected chi connectivity index (χ3v) is 7.97. The molecule has 0 saturated heterocycles. The van der Waals surface area contributed by atoms with Gasteiger partial charge in [-0.3, -0.25) is 4.79 Å². The zero-order valence-corrected chi connectivity index (χ0v) is 18.7. The van der Waals surface area contributed by atoms with E-state index < -0.39 is 15.8 Å². The second-order valence-electron chi connectivity index (χ2n) is 8.21. The molecule has 1 aliphatic rings. The first-order chi connectivity index (χ1) is 15.4. The molecule has 1 fully saturated rings. The molecule has 0 radical (unpaired) electrons. The molecular formula is C25H27FN2O3S. The number of carbonyl (C=O) groups is 1.